The highest BCUT2D eigenvalue weighted by Crippen LogP contribution is 2.18. The average molecular weight is 368 g/mol. The molecule has 2 aromatic carbocycles. The summed E-state index contributed by atoms with van der Waals surface area (Å²) in [6.07, 6.45) is -0.322. The van der Waals surface area contributed by atoms with Gasteiger partial charge in [0.2, 0.25) is 0 Å². The number of rotatable bonds is 8. The Labute approximate surface area is 153 Å². The van der Waals surface area contributed by atoms with Crippen molar-refractivity contribution in [3.05, 3.63) is 65.5 Å². The Hall–Kier alpha value is -1.95. The van der Waals surface area contributed by atoms with Gasteiger partial charge in [0.05, 0.1) is 20.1 Å². The SMILES string of the molecule is COc1ccc(C(=O)CC[NH2+]C(C)C(O)c2ccccc2)cc1F.[Cl-]. The van der Waals surface area contributed by atoms with Gasteiger partial charge in [-0.1, -0.05) is 30.3 Å². The van der Waals surface area contributed by atoms with Gasteiger partial charge in [0.15, 0.2) is 17.3 Å². The lowest BCUT2D eigenvalue weighted by atomic mass is 10.0. The fourth-order valence-electron chi connectivity index (χ4n) is 2.54. The number of carbonyl (C=O) groups is 1. The summed E-state index contributed by atoms with van der Waals surface area (Å²) >= 11 is 0. The van der Waals surface area contributed by atoms with Gasteiger partial charge in [-0.3, -0.25) is 4.79 Å². The molecule has 0 aliphatic carbocycles. The lowest BCUT2D eigenvalue weighted by Crippen LogP contribution is -3.00. The van der Waals surface area contributed by atoms with Crippen LogP contribution in [0.5, 0.6) is 5.75 Å². The van der Waals surface area contributed by atoms with E-state index in [9.17, 15) is 14.3 Å². The molecule has 0 aromatic heterocycles. The third-order valence-corrected chi connectivity index (χ3v) is 4.02. The summed E-state index contributed by atoms with van der Waals surface area (Å²) in [5, 5.41) is 12.2. The summed E-state index contributed by atoms with van der Waals surface area (Å²) < 4.78 is 18.5. The lowest BCUT2D eigenvalue weighted by Gasteiger charge is -2.17. The normalized spacial score (nSPS) is 12.8. The van der Waals surface area contributed by atoms with Gasteiger partial charge in [-0.2, -0.15) is 0 Å². The van der Waals surface area contributed by atoms with E-state index in [4.69, 9.17) is 4.74 Å². The monoisotopic (exact) mass is 367 g/mol. The molecule has 3 N–H and O–H groups in total. The zero-order chi connectivity index (χ0) is 17.5. The van der Waals surface area contributed by atoms with E-state index in [-0.39, 0.29) is 36.4 Å². The summed E-state index contributed by atoms with van der Waals surface area (Å²) in [7, 11) is 1.38. The van der Waals surface area contributed by atoms with Gasteiger partial charge in [-0.25, -0.2) is 4.39 Å². The molecular formula is C19H23ClFNO3. The molecule has 2 rings (SSSR count). The number of hydrogen-bond acceptors (Lipinski definition) is 3. The number of ketones is 1. The number of quaternary nitrogens is 1. The van der Waals surface area contributed by atoms with E-state index in [1.54, 1.807) is 6.07 Å². The van der Waals surface area contributed by atoms with Crippen LogP contribution in [0, 0.1) is 5.82 Å². The van der Waals surface area contributed by atoms with Crippen LogP contribution >= 0.6 is 0 Å². The molecule has 0 fully saturated rings. The van der Waals surface area contributed by atoms with Gasteiger partial charge in [-0.05, 0) is 30.7 Å². The van der Waals surface area contributed by atoms with Crippen LogP contribution in [-0.4, -0.2) is 30.6 Å². The maximum Gasteiger partial charge on any atom is 0.168 e. The van der Waals surface area contributed by atoms with Gasteiger partial charge in [0.25, 0.3) is 0 Å². The van der Waals surface area contributed by atoms with Gasteiger partial charge in [0, 0.05) is 5.56 Å². The van der Waals surface area contributed by atoms with Crippen molar-refractivity contribution >= 4 is 5.78 Å². The van der Waals surface area contributed by atoms with E-state index in [1.165, 1.54) is 19.2 Å². The first-order valence-corrected chi connectivity index (χ1v) is 7.96. The zero-order valence-corrected chi connectivity index (χ0v) is 15.0. The molecule has 2 aromatic rings. The second-order valence-corrected chi connectivity index (χ2v) is 5.76. The molecule has 0 saturated carbocycles. The quantitative estimate of drug-likeness (QED) is 0.594. The van der Waals surface area contributed by atoms with Gasteiger partial charge < -0.3 is 27.6 Å². The summed E-state index contributed by atoms with van der Waals surface area (Å²) in [6, 6.07) is 13.6. The number of benzene rings is 2. The van der Waals surface area contributed by atoms with Gasteiger partial charge in [0.1, 0.15) is 12.1 Å². The summed E-state index contributed by atoms with van der Waals surface area (Å²) in [6.45, 7) is 2.44. The summed E-state index contributed by atoms with van der Waals surface area (Å²) in [4.78, 5) is 12.1. The highest BCUT2D eigenvalue weighted by atomic mass is 35.5. The first kappa shape index (κ1) is 21.1. The number of aliphatic hydroxyl groups is 1. The Morgan fingerprint density at radius 1 is 1.24 bits per heavy atom. The number of hydrogen-bond donors (Lipinski definition) is 2. The average Bonchev–Trinajstić information content (AvgIpc) is 2.61. The van der Waals surface area contributed by atoms with E-state index in [0.29, 0.717) is 12.1 Å². The number of ether oxygens (including phenoxy) is 1. The molecule has 2 atom stereocenters. The van der Waals surface area contributed by atoms with Crippen molar-refractivity contribution in [2.45, 2.75) is 25.5 Å². The van der Waals surface area contributed by atoms with Crippen LogP contribution in [0.25, 0.3) is 0 Å². The number of aliphatic hydroxyl groups excluding tert-OH is 1. The third kappa shape index (κ3) is 5.81. The first-order chi connectivity index (χ1) is 11.5. The topological polar surface area (TPSA) is 63.1 Å². The number of methoxy groups -OCH3 is 1. The van der Waals surface area contributed by atoms with Crippen LogP contribution in [0.1, 0.15) is 35.4 Å². The Bertz CT molecular complexity index is 682. The smallest absolute Gasteiger partial charge is 0.168 e. The van der Waals surface area contributed by atoms with E-state index in [2.05, 4.69) is 0 Å². The molecule has 0 amide bonds. The molecule has 6 heteroatoms. The molecule has 25 heavy (non-hydrogen) atoms. The lowest BCUT2D eigenvalue weighted by molar-refractivity contribution is -0.693. The minimum absolute atomic E-state index is 0. The largest absolute Gasteiger partial charge is 1.00 e. The van der Waals surface area contributed by atoms with E-state index in [0.717, 1.165) is 5.56 Å². The van der Waals surface area contributed by atoms with Crippen LogP contribution in [0.15, 0.2) is 48.5 Å². The molecule has 4 nitrogen and oxygen atoms in total. The minimum Gasteiger partial charge on any atom is -1.00 e. The third-order valence-electron chi connectivity index (χ3n) is 4.02. The fourth-order valence-corrected chi connectivity index (χ4v) is 2.54. The molecule has 0 heterocycles. The molecular weight excluding hydrogens is 345 g/mol. The maximum absolute atomic E-state index is 13.6. The molecule has 0 radical (unpaired) electrons. The van der Waals surface area contributed by atoms with Gasteiger partial charge in [-0.15, -0.1) is 0 Å². The number of nitrogens with two attached hydrogens (primary N) is 1. The van der Waals surface area contributed by atoms with Crippen molar-refractivity contribution in [2.75, 3.05) is 13.7 Å². The number of halogens is 2. The summed E-state index contributed by atoms with van der Waals surface area (Å²) in [5.74, 6) is -0.549. The maximum atomic E-state index is 13.6. The predicted octanol–water partition coefficient (Wildman–Crippen LogP) is -0.903. The van der Waals surface area contributed by atoms with Crippen molar-refractivity contribution in [1.82, 2.24) is 0 Å². The van der Waals surface area contributed by atoms with Crippen molar-refractivity contribution in [3.63, 3.8) is 0 Å². The number of Topliss-reactive ketones (excluding diaryl/α,β-unsaturated/α-hetero) is 1. The first-order valence-electron chi connectivity index (χ1n) is 7.96. The highest BCUT2D eigenvalue weighted by molar-refractivity contribution is 5.96. The van der Waals surface area contributed by atoms with Crippen LogP contribution in [0.2, 0.25) is 0 Å². The Balaban J connectivity index is 0.00000312. The predicted molar refractivity (Wildman–Crippen MR) is 89.6 cm³/mol. The van der Waals surface area contributed by atoms with Crippen molar-refractivity contribution in [3.8, 4) is 5.75 Å². The molecule has 2 unspecified atom stereocenters. The van der Waals surface area contributed by atoms with Crippen LogP contribution < -0.4 is 22.5 Å². The Kier molecular flexibility index (Phi) is 8.55. The Morgan fingerprint density at radius 2 is 1.92 bits per heavy atom. The number of carbonyl (C=O) groups excluding carboxylic acids is 1. The van der Waals surface area contributed by atoms with Crippen LogP contribution in [0.3, 0.4) is 0 Å². The second kappa shape index (κ2) is 10.1. The van der Waals surface area contributed by atoms with E-state index in [1.807, 2.05) is 42.6 Å². The van der Waals surface area contributed by atoms with E-state index >= 15 is 0 Å². The zero-order valence-electron chi connectivity index (χ0n) is 14.3. The molecule has 0 aliphatic heterocycles. The molecule has 0 saturated heterocycles. The molecule has 0 spiro atoms. The fraction of sp³-hybridized carbons (Fsp3) is 0.316. The standard InChI is InChI=1S/C19H22FNO3.ClH/c1-13(19(23)14-6-4-3-5-7-14)21-11-10-17(22)15-8-9-18(24-2)16(20)12-15;/h3-9,12-13,19,21,23H,10-11H2,1-2H3;1H. The second-order valence-electron chi connectivity index (χ2n) is 5.76. The summed E-state index contributed by atoms with van der Waals surface area (Å²) in [5.41, 5.74) is 1.18. The van der Waals surface area contributed by atoms with Crippen LogP contribution in [0.4, 0.5) is 4.39 Å². The van der Waals surface area contributed by atoms with Crippen molar-refractivity contribution in [1.29, 1.82) is 0 Å². The molecule has 0 aliphatic rings. The Morgan fingerprint density at radius 3 is 2.52 bits per heavy atom. The molecule has 0 bridgehead atoms. The van der Waals surface area contributed by atoms with E-state index < -0.39 is 11.9 Å². The molecule has 136 valence electrons. The van der Waals surface area contributed by atoms with Crippen molar-refractivity contribution in [2.24, 2.45) is 0 Å². The highest BCUT2D eigenvalue weighted by Gasteiger charge is 2.19. The van der Waals surface area contributed by atoms with Crippen LogP contribution in [-0.2, 0) is 0 Å². The minimum atomic E-state index is -0.597. The van der Waals surface area contributed by atoms with Crippen molar-refractivity contribution < 1.29 is 36.8 Å². The van der Waals surface area contributed by atoms with Gasteiger partial charge >= 0.3 is 0 Å².